The number of anilines is 2. The Balaban J connectivity index is 0.000000201. The molecule has 6 rings (SSSR count). The van der Waals surface area contributed by atoms with Crippen molar-refractivity contribution in [2.75, 3.05) is 20.3 Å². The van der Waals surface area contributed by atoms with Crippen LogP contribution in [0.15, 0.2) is 34.5 Å². The van der Waals surface area contributed by atoms with Crippen molar-refractivity contribution in [1.82, 2.24) is 29.2 Å². The van der Waals surface area contributed by atoms with Crippen LogP contribution in [0, 0.1) is 18.1 Å². The number of carbonyl (C=O) groups is 1. The molecule has 25 heteroatoms. The molecule has 6 heterocycles. The van der Waals surface area contributed by atoms with E-state index in [-0.39, 0.29) is 42.9 Å². The summed E-state index contributed by atoms with van der Waals surface area (Å²) in [5, 5.41) is 24.2. The highest BCUT2D eigenvalue weighted by Gasteiger charge is 2.59. The highest BCUT2D eigenvalue weighted by atomic mass is 127. The SMILES string of the molecule is CC(C)C(=O)O[C@H]1[C@@H](F)[C@H](c2ccc3c(N)nc(F)nn23)O[C@@]1(CI)N=[N+]=[N-].[N-]=[N+]=N[C@]1(CI)O[C@@H](c2ccc3c(N)nc(F)nn23)[C@H](F)[C@@H]1O. The first kappa shape index (κ1) is 38.2. The minimum Gasteiger partial charge on any atom is -0.456 e. The van der Waals surface area contributed by atoms with Gasteiger partial charge in [-0.3, -0.25) is 4.79 Å². The number of nitrogens with two attached hydrogens (primary N) is 2. The Morgan fingerprint density at radius 3 is 1.84 bits per heavy atom. The Bertz CT molecular complexity index is 2060. The standard InChI is InChI=1S/C15H16F2IN7O3.C11H10F2IN7O2/c1-6(2)13(26)27-11-9(16)10(28-15(11,5-18)23-24-20)7-3-4-8-12(19)21-14(17)22-25(7)8;12-6-7(23-11(3-14,8(6)22)19-20-16)4-1-2-5-9(15)17-10(13)18-21(4)5/h3-4,6,9-11H,5H2,1-2H3,(H2,19,21,22);1-2,6-8,22H,3H2,(H2,15,17,18)/t9-,10-,11-,15+;6-,7-,8-,11+/m00/s1. The van der Waals surface area contributed by atoms with Crippen LogP contribution in [0.5, 0.6) is 0 Å². The van der Waals surface area contributed by atoms with E-state index in [9.17, 15) is 23.1 Å². The van der Waals surface area contributed by atoms with Crippen molar-refractivity contribution in [2.24, 2.45) is 16.1 Å². The second kappa shape index (κ2) is 14.9. The Kier molecular flexibility index (Phi) is 11.2. The summed E-state index contributed by atoms with van der Waals surface area (Å²) in [4.78, 5) is 24.2. The predicted octanol–water partition coefficient (Wildman–Crippen LogP) is 4.53. The van der Waals surface area contributed by atoms with Crippen LogP contribution < -0.4 is 11.5 Å². The largest absolute Gasteiger partial charge is 0.456 e. The van der Waals surface area contributed by atoms with Crippen LogP contribution in [-0.2, 0) is 19.0 Å². The Morgan fingerprint density at radius 1 is 0.941 bits per heavy atom. The van der Waals surface area contributed by atoms with Gasteiger partial charge in [-0.25, -0.2) is 17.8 Å². The summed E-state index contributed by atoms with van der Waals surface area (Å²) in [6.07, 6.45) is -11.8. The molecule has 0 amide bonds. The number of aromatic nitrogens is 6. The maximum atomic E-state index is 15.4. The maximum absolute atomic E-state index is 15.4. The van der Waals surface area contributed by atoms with Crippen LogP contribution in [0.3, 0.4) is 0 Å². The van der Waals surface area contributed by atoms with E-state index in [0.717, 1.165) is 9.03 Å². The van der Waals surface area contributed by atoms with Crippen LogP contribution in [-0.4, -0.2) is 85.1 Å². The van der Waals surface area contributed by atoms with Crippen LogP contribution in [0.4, 0.5) is 29.2 Å². The molecule has 2 aliphatic rings. The molecular formula is C26H26F4I2N14O5. The van der Waals surface area contributed by atoms with E-state index < -0.39 is 72.3 Å². The molecule has 0 saturated carbocycles. The average Bonchev–Trinajstić information content (AvgIpc) is 3.82. The number of aliphatic hydroxyl groups excluding tert-OH is 1. The van der Waals surface area contributed by atoms with E-state index in [1.165, 1.54) is 24.3 Å². The van der Waals surface area contributed by atoms with Crippen LogP contribution in [0.25, 0.3) is 31.9 Å². The monoisotopic (exact) mass is 944 g/mol. The Hall–Kier alpha value is -4.01. The third-order valence-electron chi connectivity index (χ3n) is 7.93. The predicted molar refractivity (Wildman–Crippen MR) is 184 cm³/mol. The quantitative estimate of drug-likeness (QED) is 0.0420. The number of azide groups is 2. The summed E-state index contributed by atoms with van der Waals surface area (Å²) >= 11 is 3.67. The summed E-state index contributed by atoms with van der Waals surface area (Å²) in [5.41, 5.74) is 26.1. The summed E-state index contributed by atoms with van der Waals surface area (Å²) in [5.74, 6) is -1.45. The fourth-order valence-electron chi connectivity index (χ4n) is 5.43. The lowest BCUT2D eigenvalue weighted by molar-refractivity contribution is -0.163. The number of hydrogen-bond donors (Lipinski definition) is 3. The fraction of sp³-hybridized carbons (Fsp3) is 0.500. The molecule has 0 radical (unpaired) electrons. The molecule has 2 aliphatic heterocycles. The van der Waals surface area contributed by atoms with Crippen molar-refractivity contribution in [2.45, 2.75) is 62.1 Å². The van der Waals surface area contributed by atoms with Crippen molar-refractivity contribution < 1.29 is 41.7 Å². The zero-order chi connectivity index (χ0) is 37.4. The first-order valence-corrected chi connectivity index (χ1v) is 17.6. The molecule has 0 aliphatic carbocycles. The van der Waals surface area contributed by atoms with Crippen LogP contribution >= 0.6 is 45.2 Å². The number of hydrogen-bond acceptors (Lipinski definition) is 13. The summed E-state index contributed by atoms with van der Waals surface area (Å²) in [6.45, 7) is 3.18. The zero-order valence-corrected chi connectivity index (χ0v) is 30.4. The zero-order valence-electron chi connectivity index (χ0n) is 26.1. The van der Waals surface area contributed by atoms with Crippen molar-refractivity contribution in [3.8, 4) is 0 Å². The molecule has 0 unspecified atom stereocenters. The molecule has 4 aromatic heterocycles. The van der Waals surface area contributed by atoms with E-state index >= 15 is 4.39 Å². The summed E-state index contributed by atoms with van der Waals surface area (Å²) in [6, 6.07) is 5.83. The lowest BCUT2D eigenvalue weighted by atomic mass is 10.0. The van der Waals surface area contributed by atoms with E-state index in [1.54, 1.807) is 13.8 Å². The second-order valence-corrected chi connectivity index (χ2v) is 12.9. The molecule has 4 aromatic rings. The van der Waals surface area contributed by atoms with Crippen molar-refractivity contribution in [3.05, 3.63) is 68.7 Å². The number of nitrogen functional groups attached to an aromatic ring is 2. The van der Waals surface area contributed by atoms with Crippen molar-refractivity contribution in [3.63, 3.8) is 0 Å². The van der Waals surface area contributed by atoms with Gasteiger partial charge in [-0.15, -0.1) is 10.2 Å². The molecule has 51 heavy (non-hydrogen) atoms. The number of ether oxygens (including phenoxy) is 3. The number of fused-ring (bicyclic) bond motifs is 2. The molecule has 5 N–H and O–H groups in total. The highest BCUT2D eigenvalue weighted by molar-refractivity contribution is 14.1. The molecule has 0 spiro atoms. The van der Waals surface area contributed by atoms with Gasteiger partial charge in [0, 0.05) is 18.7 Å². The third kappa shape index (κ3) is 6.85. The minimum atomic E-state index is -1.90. The maximum Gasteiger partial charge on any atom is 0.327 e. The van der Waals surface area contributed by atoms with Gasteiger partial charge in [0.25, 0.3) is 0 Å². The van der Waals surface area contributed by atoms with E-state index in [1.807, 2.05) is 45.2 Å². The number of aliphatic hydroxyl groups is 1. The van der Waals surface area contributed by atoms with Crippen LogP contribution in [0.2, 0.25) is 0 Å². The van der Waals surface area contributed by atoms with E-state index in [0.29, 0.717) is 0 Å². The first-order valence-electron chi connectivity index (χ1n) is 14.6. The number of carbonyl (C=O) groups excluding carboxylic acids is 1. The van der Waals surface area contributed by atoms with Gasteiger partial charge < -0.3 is 30.8 Å². The molecule has 0 bridgehead atoms. The summed E-state index contributed by atoms with van der Waals surface area (Å²) < 4.78 is 75.6. The molecule has 8 atom stereocenters. The van der Waals surface area contributed by atoms with Gasteiger partial charge in [0.15, 0.2) is 41.5 Å². The van der Waals surface area contributed by atoms with Crippen molar-refractivity contribution >= 4 is 73.8 Å². The fourth-order valence-corrected chi connectivity index (χ4v) is 6.98. The van der Waals surface area contributed by atoms with Gasteiger partial charge in [-0.1, -0.05) is 69.3 Å². The minimum absolute atomic E-state index is 0.0105. The van der Waals surface area contributed by atoms with Gasteiger partial charge in [0.05, 0.1) is 17.3 Å². The number of halogens is 6. The number of alkyl halides is 4. The Labute approximate surface area is 310 Å². The van der Waals surface area contributed by atoms with Gasteiger partial charge in [-0.05, 0) is 35.3 Å². The molecule has 19 nitrogen and oxygen atoms in total. The normalized spacial score (nSPS) is 28.7. The van der Waals surface area contributed by atoms with Gasteiger partial charge >= 0.3 is 18.1 Å². The van der Waals surface area contributed by atoms with Gasteiger partial charge in [0.1, 0.15) is 29.3 Å². The number of rotatable bonds is 8. The molecule has 0 aromatic carbocycles. The third-order valence-corrected chi connectivity index (χ3v) is 10.1. The Morgan fingerprint density at radius 2 is 1.39 bits per heavy atom. The lowest BCUT2D eigenvalue weighted by Gasteiger charge is -2.27. The van der Waals surface area contributed by atoms with Crippen LogP contribution in [0.1, 0.15) is 37.4 Å². The first-order chi connectivity index (χ1) is 24.2. The smallest absolute Gasteiger partial charge is 0.327 e. The number of esters is 1. The summed E-state index contributed by atoms with van der Waals surface area (Å²) in [7, 11) is 0. The van der Waals surface area contributed by atoms with Crippen molar-refractivity contribution in [1.29, 1.82) is 0 Å². The van der Waals surface area contributed by atoms with E-state index in [4.69, 9.17) is 36.7 Å². The number of nitrogens with zero attached hydrogens (tertiary/aromatic N) is 12. The second-order valence-electron chi connectivity index (χ2n) is 11.4. The average molecular weight is 944 g/mol. The lowest BCUT2D eigenvalue weighted by Crippen LogP contribution is -2.45. The molecule has 2 fully saturated rings. The van der Waals surface area contributed by atoms with Gasteiger partial charge in [-0.2, -0.15) is 18.7 Å². The topological polar surface area (TPSA) is 275 Å². The van der Waals surface area contributed by atoms with E-state index in [2.05, 4.69) is 40.2 Å². The molecule has 2 saturated heterocycles. The molecular weight excluding hydrogens is 918 g/mol. The highest BCUT2D eigenvalue weighted by Crippen LogP contribution is 2.46. The van der Waals surface area contributed by atoms with Gasteiger partial charge in [0.2, 0.25) is 0 Å². The molecule has 272 valence electrons.